The monoisotopic (exact) mass is 766 g/mol. The van der Waals surface area contributed by atoms with Gasteiger partial charge in [0.1, 0.15) is 33.4 Å². The molecule has 14 heteroatoms. The number of sulfonamides is 1. The van der Waals surface area contributed by atoms with Crippen molar-refractivity contribution in [1.82, 2.24) is 19.6 Å². The molecule has 0 spiro atoms. The summed E-state index contributed by atoms with van der Waals surface area (Å²) in [5, 5.41) is 3.47. The van der Waals surface area contributed by atoms with Gasteiger partial charge in [0.2, 0.25) is 15.9 Å². The number of methoxy groups -OCH3 is 1. The molecule has 1 saturated heterocycles. The van der Waals surface area contributed by atoms with Crippen LogP contribution in [-0.4, -0.2) is 76.7 Å². The van der Waals surface area contributed by atoms with Crippen molar-refractivity contribution >= 4 is 50.0 Å². The molecule has 3 heterocycles. The smallest absolute Gasteiger partial charge is 0.411 e. The lowest BCUT2D eigenvalue weighted by Gasteiger charge is -2.29. The fourth-order valence-electron chi connectivity index (χ4n) is 7.06. The standard InChI is InChI=1S/C39H50N4O8S2/c1-11-24-17-39(24,34(45)42-53(47,48)38(9)14-15-38)19-29(44)28-18-37(8,21-43(28)35(46)51-36(5,6)7)50-31-16-26(33-41-27(20-52-33)22(2)3)40-32-23(4)30(49-10)13-12-25(31)32/h11-13,16,20,22,24,28H,1,14-15,17-19,21H2,2-10H3,(H,42,45)/t24-,28+,37?,39-/m1/s1. The summed E-state index contributed by atoms with van der Waals surface area (Å²) in [7, 11) is -2.33. The van der Waals surface area contributed by atoms with Gasteiger partial charge in [0.05, 0.1) is 41.1 Å². The quantitative estimate of drug-likeness (QED) is 0.189. The third kappa shape index (κ3) is 7.41. The number of thiazole rings is 1. The van der Waals surface area contributed by atoms with E-state index in [0.717, 1.165) is 21.7 Å². The number of allylic oxidation sites excluding steroid dienone is 1. The van der Waals surface area contributed by atoms with E-state index in [-0.39, 0.29) is 37.5 Å². The van der Waals surface area contributed by atoms with E-state index in [1.54, 1.807) is 40.9 Å². The molecule has 0 radical (unpaired) electrons. The van der Waals surface area contributed by atoms with Crippen molar-refractivity contribution in [2.45, 2.75) is 115 Å². The van der Waals surface area contributed by atoms with Gasteiger partial charge in [-0.2, -0.15) is 0 Å². The van der Waals surface area contributed by atoms with Gasteiger partial charge in [-0.15, -0.1) is 17.9 Å². The van der Waals surface area contributed by atoms with E-state index in [9.17, 15) is 22.8 Å². The Labute approximate surface area is 315 Å². The Morgan fingerprint density at radius 2 is 1.83 bits per heavy atom. The number of pyridine rings is 1. The molecule has 2 aliphatic carbocycles. The summed E-state index contributed by atoms with van der Waals surface area (Å²) >= 11 is 1.49. The summed E-state index contributed by atoms with van der Waals surface area (Å²) in [6, 6.07) is 4.56. The van der Waals surface area contributed by atoms with Crippen molar-refractivity contribution in [1.29, 1.82) is 0 Å². The highest BCUT2D eigenvalue weighted by atomic mass is 32.2. The van der Waals surface area contributed by atoms with Gasteiger partial charge in [0, 0.05) is 35.2 Å². The summed E-state index contributed by atoms with van der Waals surface area (Å²) in [5.74, 6) is -0.0929. The predicted molar refractivity (Wildman–Crippen MR) is 204 cm³/mol. The topological polar surface area (TPSA) is 154 Å². The second-order valence-corrected chi connectivity index (χ2v) is 19.7. The highest BCUT2D eigenvalue weighted by Gasteiger charge is 2.63. The number of likely N-dealkylation sites (tertiary alicyclic amines) is 1. The van der Waals surface area contributed by atoms with Crippen LogP contribution in [0.25, 0.3) is 21.6 Å². The number of aryl methyl sites for hydroxylation is 1. The zero-order valence-electron chi connectivity index (χ0n) is 32.0. The summed E-state index contributed by atoms with van der Waals surface area (Å²) in [6.45, 7) is 18.6. The first kappa shape index (κ1) is 38.7. The number of carbonyl (C=O) groups excluding carboxylic acids is 3. The predicted octanol–water partition coefficient (Wildman–Crippen LogP) is 7.10. The number of ether oxygens (including phenoxy) is 3. The number of hydrogen-bond donors (Lipinski definition) is 1. The van der Waals surface area contributed by atoms with Crippen molar-refractivity contribution in [3.05, 3.63) is 47.5 Å². The molecule has 0 bridgehead atoms. The Hall–Kier alpha value is -4.04. The number of amides is 2. The van der Waals surface area contributed by atoms with E-state index in [0.29, 0.717) is 35.6 Å². The van der Waals surface area contributed by atoms with Crippen molar-refractivity contribution < 1.29 is 37.0 Å². The van der Waals surface area contributed by atoms with Crippen LogP contribution in [0, 0.1) is 18.3 Å². The number of ketones is 1. The number of carbonyl (C=O) groups is 3. The van der Waals surface area contributed by atoms with Crippen LogP contribution in [0.2, 0.25) is 0 Å². The summed E-state index contributed by atoms with van der Waals surface area (Å²) in [5.41, 5.74) is -0.156. The number of hydrogen-bond acceptors (Lipinski definition) is 11. The molecule has 1 unspecified atom stereocenters. The number of fused-ring (bicyclic) bond motifs is 1. The van der Waals surface area contributed by atoms with Crippen LogP contribution in [0.15, 0.2) is 36.2 Å². The molecule has 4 atom stereocenters. The van der Waals surface area contributed by atoms with Crippen LogP contribution >= 0.6 is 11.3 Å². The third-order valence-corrected chi connectivity index (χ3v) is 13.8. The Morgan fingerprint density at radius 3 is 2.40 bits per heavy atom. The average molecular weight is 767 g/mol. The molecule has 1 aliphatic heterocycles. The molecule has 1 N–H and O–H groups in total. The summed E-state index contributed by atoms with van der Waals surface area (Å²) < 4.78 is 45.6. The number of rotatable bonds is 12. The molecule has 286 valence electrons. The highest BCUT2D eigenvalue weighted by molar-refractivity contribution is 7.91. The van der Waals surface area contributed by atoms with Crippen LogP contribution in [-0.2, 0) is 24.3 Å². The first-order valence-corrected chi connectivity index (χ1v) is 20.4. The van der Waals surface area contributed by atoms with Gasteiger partial charge in [-0.1, -0.05) is 19.9 Å². The molecule has 1 aromatic carbocycles. The third-order valence-electron chi connectivity index (χ3n) is 10.8. The van der Waals surface area contributed by atoms with Gasteiger partial charge in [-0.05, 0) is 84.8 Å². The second-order valence-electron chi connectivity index (χ2n) is 16.6. The molecule has 2 aromatic heterocycles. The molecule has 6 rings (SSSR count). The van der Waals surface area contributed by atoms with Gasteiger partial charge in [-0.25, -0.2) is 23.2 Å². The largest absolute Gasteiger partial charge is 0.496 e. The Bertz CT molecular complexity index is 2100. The zero-order chi connectivity index (χ0) is 38.9. The SMILES string of the molecule is C=C[C@@H]1C[C@]1(CC(=O)[C@@H]1CC(C)(Oc2cc(-c3nc(C(C)C)cs3)nc3c(C)c(OC)ccc23)CN1C(=O)OC(C)(C)C)C(=O)NS(=O)(=O)C1(C)CC1. The molecule has 2 amide bonds. The minimum atomic E-state index is -3.93. The summed E-state index contributed by atoms with van der Waals surface area (Å²) in [4.78, 5) is 53.0. The second kappa shape index (κ2) is 13.4. The van der Waals surface area contributed by atoms with Crippen LogP contribution in [0.5, 0.6) is 11.5 Å². The molecule has 3 aromatic rings. The molecule has 53 heavy (non-hydrogen) atoms. The van der Waals surface area contributed by atoms with E-state index >= 15 is 0 Å². The van der Waals surface area contributed by atoms with E-state index in [1.807, 2.05) is 37.4 Å². The van der Waals surface area contributed by atoms with E-state index in [4.69, 9.17) is 24.2 Å². The lowest BCUT2D eigenvalue weighted by molar-refractivity contribution is -0.131. The van der Waals surface area contributed by atoms with Gasteiger partial charge < -0.3 is 14.2 Å². The number of nitrogens with one attached hydrogen (secondary N) is 1. The normalized spacial score (nSPS) is 24.9. The van der Waals surface area contributed by atoms with E-state index in [1.165, 1.54) is 16.2 Å². The molecular formula is C39H50N4O8S2. The summed E-state index contributed by atoms with van der Waals surface area (Å²) in [6.07, 6.45) is 1.92. The van der Waals surface area contributed by atoms with Gasteiger partial charge in [0.15, 0.2) is 5.78 Å². The van der Waals surface area contributed by atoms with Crippen molar-refractivity contribution in [2.75, 3.05) is 13.7 Å². The fraction of sp³-hybridized carbons (Fsp3) is 0.564. The highest BCUT2D eigenvalue weighted by Crippen LogP contribution is 2.57. The minimum absolute atomic E-state index is 0.0121. The van der Waals surface area contributed by atoms with Crippen LogP contribution in [0.4, 0.5) is 4.79 Å². The number of Topliss-reactive ketones (excluding diaryl/α,β-unsaturated/α-hetero) is 1. The van der Waals surface area contributed by atoms with Gasteiger partial charge >= 0.3 is 6.09 Å². The maximum absolute atomic E-state index is 14.4. The first-order chi connectivity index (χ1) is 24.6. The minimum Gasteiger partial charge on any atom is -0.496 e. The molecule has 3 fully saturated rings. The van der Waals surface area contributed by atoms with Gasteiger partial charge in [-0.3, -0.25) is 19.2 Å². The van der Waals surface area contributed by atoms with Crippen LogP contribution < -0.4 is 14.2 Å². The molecule has 3 aliphatic rings. The van der Waals surface area contributed by atoms with Crippen LogP contribution in [0.1, 0.15) is 97.7 Å². The Morgan fingerprint density at radius 1 is 1.13 bits per heavy atom. The van der Waals surface area contributed by atoms with E-state index < -0.39 is 55.3 Å². The van der Waals surface area contributed by atoms with Crippen molar-refractivity contribution in [3.8, 4) is 22.2 Å². The fourth-order valence-corrected chi connectivity index (χ4v) is 9.34. The van der Waals surface area contributed by atoms with Crippen molar-refractivity contribution in [2.24, 2.45) is 11.3 Å². The number of aromatic nitrogens is 2. The van der Waals surface area contributed by atoms with Crippen molar-refractivity contribution in [3.63, 3.8) is 0 Å². The number of benzene rings is 1. The first-order valence-electron chi connectivity index (χ1n) is 18.0. The zero-order valence-corrected chi connectivity index (χ0v) is 33.6. The lowest BCUT2D eigenvalue weighted by Crippen LogP contribution is -2.47. The van der Waals surface area contributed by atoms with E-state index in [2.05, 4.69) is 25.1 Å². The molecule has 12 nitrogen and oxygen atoms in total. The maximum atomic E-state index is 14.4. The Balaban J connectivity index is 1.35. The Kier molecular flexibility index (Phi) is 9.75. The maximum Gasteiger partial charge on any atom is 0.411 e. The molecular weight excluding hydrogens is 717 g/mol. The van der Waals surface area contributed by atoms with Gasteiger partial charge in [0.25, 0.3) is 0 Å². The lowest BCUT2D eigenvalue weighted by atomic mass is 9.90. The average Bonchev–Trinajstić information content (AvgIpc) is 3.87. The molecule has 2 saturated carbocycles. The van der Waals surface area contributed by atoms with Crippen LogP contribution in [0.3, 0.4) is 0 Å². The number of nitrogens with zero attached hydrogens (tertiary/aromatic N) is 3.